The van der Waals surface area contributed by atoms with Crippen molar-refractivity contribution in [2.45, 2.75) is 6.92 Å². The summed E-state index contributed by atoms with van der Waals surface area (Å²) in [4.78, 5) is 29.3. The van der Waals surface area contributed by atoms with Gasteiger partial charge in [-0.25, -0.2) is 0 Å². The van der Waals surface area contributed by atoms with Crippen LogP contribution in [0.3, 0.4) is 0 Å². The van der Waals surface area contributed by atoms with E-state index in [0.29, 0.717) is 27.1 Å². The largest absolute Gasteiger partial charge is 0.478 e. The Hall–Kier alpha value is -3.83. The molecular formula is C26H18ClNO4. The molecule has 0 spiro atoms. The molecule has 5 nitrogen and oxygen atoms in total. The molecule has 0 amide bonds. The number of Topliss-reactive ketones (excluding diaryl/α,β-unsaturated/α-hetero) is 1. The van der Waals surface area contributed by atoms with Crippen LogP contribution in [0.25, 0.3) is 33.2 Å². The second kappa shape index (κ2) is 8.02. The standard InChI is InChI=1S/C26H18ClNO4/c1-15-6-11-19-23(12-15)32-25(16-7-9-17(27)10-8-16)26(24(19)30)31-14-22(29)20-13-28-21-5-3-2-4-18(20)21/h2-13,28H,14H2,1H3. The summed E-state index contributed by atoms with van der Waals surface area (Å²) in [6.07, 6.45) is 1.65. The lowest BCUT2D eigenvalue weighted by molar-refractivity contribution is 0.0922. The van der Waals surface area contributed by atoms with Crippen molar-refractivity contribution in [2.24, 2.45) is 0 Å². The zero-order valence-corrected chi connectivity index (χ0v) is 17.9. The van der Waals surface area contributed by atoms with E-state index in [1.165, 1.54) is 0 Å². The molecule has 6 heteroatoms. The van der Waals surface area contributed by atoms with Crippen LogP contribution in [0.2, 0.25) is 5.02 Å². The number of hydrogen-bond acceptors (Lipinski definition) is 4. The van der Waals surface area contributed by atoms with Gasteiger partial charge in [0.1, 0.15) is 5.58 Å². The SMILES string of the molecule is Cc1ccc2c(=O)c(OCC(=O)c3c[nH]c4ccccc34)c(-c3ccc(Cl)cc3)oc2c1. The van der Waals surface area contributed by atoms with Crippen molar-refractivity contribution in [3.63, 3.8) is 0 Å². The van der Waals surface area contributed by atoms with E-state index in [1.54, 1.807) is 42.6 Å². The molecule has 5 aromatic rings. The summed E-state index contributed by atoms with van der Waals surface area (Å²) >= 11 is 6.02. The Morgan fingerprint density at radius 3 is 2.62 bits per heavy atom. The maximum absolute atomic E-state index is 13.3. The van der Waals surface area contributed by atoms with Crippen molar-refractivity contribution in [1.29, 1.82) is 0 Å². The number of aromatic amines is 1. The van der Waals surface area contributed by atoms with E-state index < -0.39 is 0 Å². The van der Waals surface area contributed by atoms with Crippen molar-refractivity contribution < 1.29 is 13.9 Å². The molecule has 0 aliphatic carbocycles. The molecule has 0 bridgehead atoms. The van der Waals surface area contributed by atoms with Crippen molar-refractivity contribution in [2.75, 3.05) is 6.61 Å². The number of nitrogens with one attached hydrogen (secondary N) is 1. The lowest BCUT2D eigenvalue weighted by Gasteiger charge is -2.12. The minimum atomic E-state index is -0.331. The van der Waals surface area contributed by atoms with Crippen LogP contribution in [0, 0.1) is 6.92 Å². The van der Waals surface area contributed by atoms with Crippen LogP contribution in [0.1, 0.15) is 15.9 Å². The fourth-order valence-corrected chi connectivity index (χ4v) is 3.85. The van der Waals surface area contributed by atoms with E-state index in [9.17, 15) is 9.59 Å². The highest BCUT2D eigenvalue weighted by Crippen LogP contribution is 2.32. The van der Waals surface area contributed by atoms with Gasteiger partial charge in [-0.3, -0.25) is 9.59 Å². The lowest BCUT2D eigenvalue weighted by Crippen LogP contribution is -2.17. The van der Waals surface area contributed by atoms with Crippen molar-refractivity contribution in [1.82, 2.24) is 4.98 Å². The second-order valence-electron chi connectivity index (χ2n) is 7.56. The van der Waals surface area contributed by atoms with Gasteiger partial charge in [-0.05, 0) is 55.0 Å². The van der Waals surface area contributed by atoms with Gasteiger partial charge >= 0.3 is 0 Å². The molecule has 2 heterocycles. The summed E-state index contributed by atoms with van der Waals surface area (Å²) in [5.74, 6) is 0.0151. The number of halogens is 1. The van der Waals surface area contributed by atoms with Crippen LogP contribution in [0.15, 0.2) is 82.1 Å². The predicted octanol–water partition coefficient (Wildman–Crippen LogP) is 6.16. The summed E-state index contributed by atoms with van der Waals surface area (Å²) in [5, 5.41) is 1.76. The summed E-state index contributed by atoms with van der Waals surface area (Å²) in [6.45, 7) is 1.62. The van der Waals surface area contributed by atoms with Crippen molar-refractivity contribution >= 4 is 39.3 Å². The average molecular weight is 444 g/mol. The number of ketones is 1. The summed E-state index contributed by atoms with van der Waals surface area (Å²) in [7, 11) is 0. The first-order valence-electron chi connectivity index (χ1n) is 10.1. The number of benzene rings is 3. The summed E-state index contributed by atoms with van der Waals surface area (Å²) in [6, 6.07) is 19.8. The molecule has 0 saturated heterocycles. The number of fused-ring (bicyclic) bond motifs is 2. The molecule has 0 atom stereocenters. The molecule has 0 saturated carbocycles. The number of rotatable bonds is 5. The topological polar surface area (TPSA) is 72.3 Å². The van der Waals surface area contributed by atoms with Gasteiger partial charge in [0.05, 0.1) is 5.39 Å². The van der Waals surface area contributed by atoms with Gasteiger partial charge in [0.15, 0.2) is 12.4 Å². The Bertz CT molecular complexity index is 1530. The van der Waals surface area contributed by atoms with Gasteiger partial charge in [-0.1, -0.05) is 35.9 Å². The molecule has 5 rings (SSSR count). The molecule has 2 aromatic heterocycles. The van der Waals surface area contributed by atoms with Crippen LogP contribution >= 0.6 is 11.6 Å². The number of carbonyl (C=O) groups excluding carboxylic acids is 1. The van der Waals surface area contributed by atoms with Gasteiger partial charge in [0.2, 0.25) is 17.0 Å². The number of aryl methyl sites for hydroxylation is 1. The van der Waals surface area contributed by atoms with Crippen LogP contribution in [0.4, 0.5) is 0 Å². The fraction of sp³-hybridized carbons (Fsp3) is 0.0769. The second-order valence-corrected chi connectivity index (χ2v) is 7.99. The molecule has 0 aliphatic rings. The number of para-hydroxylation sites is 1. The monoisotopic (exact) mass is 443 g/mol. The quantitative estimate of drug-likeness (QED) is 0.330. The molecule has 0 unspecified atom stereocenters. The van der Waals surface area contributed by atoms with E-state index >= 15 is 0 Å². The van der Waals surface area contributed by atoms with E-state index in [4.69, 9.17) is 20.8 Å². The first-order valence-corrected chi connectivity index (χ1v) is 10.4. The van der Waals surface area contributed by atoms with E-state index in [1.807, 2.05) is 37.3 Å². The van der Waals surface area contributed by atoms with Gasteiger partial charge in [-0.2, -0.15) is 0 Å². The highest BCUT2D eigenvalue weighted by molar-refractivity contribution is 6.30. The third-order valence-corrected chi connectivity index (χ3v) is 5.60. The van der Waals surface area contributed by atoms with Gasteiger partial charge in [-0.15, -0.1) is 0 Å². The Balaban J connectivity index is 1.57. The normalized spacial score (nSPS) is 11.2. The average Bonchev–Trinajstić information content (AvgIpc) is 3.23. The Labute approximate surface area is 188 Å². The van der Waals surface area contributed by atoms with Gasteiger partial charge in [0.25, 0.3) is 0 Å². The zero-order chi connectivity index (χ0) is 22.2. The molecule has 0 fully saturated rings. The Morgan fingerprint density at radius 2 is 1.81 bits per heavy atom. The summed E-state index contributed by atoms with van der Waals surface area (Å²) < 4.78 is 11.9. The molecule has 1 N–H and O–H groups in total. The van der Waals surface area contributed by atoms with Crippen LogP contribution in [-0.2, 0) is 0 Å². The minimum absolute atomic E-state index is 0.00290. The third kappa shape index (κ3) is 3.57. The minimum Gasteiger partial charge on any atom is -0.478 e. The highest BCUT2D eigenvalue weighted by Gasteiger charge is 2.20. The molecule has 158 valence electrons. The fourth-order valence-electron chi connectivity index (χ4n) is 3.72. The van der Waals surface area contributed by atoms with Crippen molar-refractivity contribution in [3.8, 4) is 17.1 Å². The van der Waals surface area contributed by atoms with Crippen molar-refractivity contribution in [3.05, 3.63) is 99.3 Å². The number of H-pyrrole nitrogens is 1. The number of carbonyl (C=O) groups is 1. The molecule has 32 heavy (non-hydrogen) atoms. The molecule has 0 radical (unpaired) electrons. The van der Waals surface area contributed by atoms with Gasteiger partial charge < -0.3 is 14.1 Å². The number of aromatic nitrogens is 1. The first-order chi connectivity index (χ1) is 15.5. The number of hydrogen-bond donors (Lipinski definition) is 1. The lowest BCUT2D eigenvalue weighted by atomic mass is 10.1. The van der Waals surface area contributed by atoms with Gasteiger partial charge in [0, 0.05) is 33.2 Å². The Kier molecular flexibility index (Phi) is 5.04. The smallest absolute Gasteiger partial charge is 0.235 e. The molecule has 3 aromatic carbocycles. The summed E-state index contributed by atoms with van der Waals surface area (Å²) in [5.41, 5.74) is 3.08. The van der Waals surface area contributed by atoms with Crippen LogP contribution in [-0.4, -0.2) is 17.4 Å². The number of ether oxygens (including phenoxy) is 1. The Morgan fingerprint density at radius 1 is 1.03 bits per heavy atom. The highest BCUT2D eigenvalue weighted by atomic mass is 35.5. The van der Waals surface area contributed by atoms with E-state index in [2.05, 4.69) is 4.98 Å². The van der Waals surface area contributed by atoms with Crippen LogP contribution < -0.4 is 10.2 Å². The maximum Gasteiger partial charge on any atom is 0.235 e. The third-order valence-electron chi connectivity index (χ3n) is 5.35. The van der Waals surface area contributed by atoms with E-state index in [-0.39, 0.29) is 29.3 Å². The predicted molar refractivity (Wildman–Crippen MR) is 126 cm³/mol. The van der Waals surface area contributed by atoms with Crippen LogP contribution in [0.5, 0.6) is 5.75 Å². The van der Waals surface area contributed by atoms with E-state index in [0.717, 1.165) is 16.5 Å². The maximum atomic E-state index is 13.3. The first kappa shape index (κ1) is 20.1. The zero-order valence-electron chi connectivity index (χ0n) is 17.1. The molecule has 0 aliphatic heterocycles. The molecular weight excluding hydrogens is 426 g/mol.